The van der Waals surface area contributed by atoms with Crippen LogP contribution in [0.25, 0.3) is 0 Å². The molecule has 0 heterocycles. The second-order valence-corrected chi connectivity index (χ2v) is 3.99. The second kappa shape index (κ2) is 5.55. The van der Waals surface area contributed by atoms with Gasteiger partial charge in [-0.15, -0.1) is 0 Å². The van der Waals surface area contributed by atoms with E-state index in [0.717, 1.165) is 13.0 Å². The van der Waals surface area contributed by atoms with E-state index in [9.17, 15) is 5.11 Å². The Labute approximate surface area is 76.4 Å². The van der Waals surface area contributed by atoms with Gasteiger partial charge in [-0.3, -0.25) is 0 Å². The van der Waals surface area contributed by atoms with Crippen LogP contribution in [0.3, 0.4) is 0 Å². The highest BCUT2D eigenvalue weighted by molar-refractivity contribution is 4.73. The zero-order valence-corrected chi connectivity index (χ0v) is 8.85. The molecule has 2 unspecified atom stereocenters. The number of hydrogen-bond donors (Lipinski definition) is 2. The minimum Gasteiger partial charge on any atom is -0.389 e. The first-order valence-electron chi connectivity index (χ1n) is 4.95. The third kappa shape index (κ3) is 5.56. The van der Waals surface area contributed by atoms with Crippen LogP contribution in [0.5, 0.6) is 0 Å². The van der Waals surface area contributed by atoms with E-state index in [2.05, 4.69) is 19.2 Å². The molecular formula is C10H23NO. The fourth-order valence-corrected chi connectivity index (χ4v) is 0.857. The lowest BCUT2D eigenvalue weighted by atomic mass is 10.0. The summed E-state index contributed by atoms with van der Waals surface area (Å²) in [6.45, 7) is 9.99. The predicted molar refractivity (Wildman–Crippen MR) is 53.2 cm³/mol. The van der Waals surface area contributed by atoms with E-state index in [-0.39, 0.29) is 0 Å². The smallest absolute Gasteiger partial charge is 0.0740 e. The molecule has 0 aliphatic rings. The third-order valence-electron chi connectivity index (χ3n) is 2.46. The summed E-state index contributed by atoms with van der Waals surface area (Å²) in [6, 6.07) is 0. The van der Waals surface area contributed by atoms with Crippen molar-refractivity contribution in [1.82, 2.24) is 5.32 Å². The molecule has 0 aromatic rings. The molecule has 12 heavy (non-hydrogen) atoms. The van der Waals surface area contributed by atoms with Gasteiger partial charge < -0.3 is 10.4 Å². The molecule has 0 bridgehead atoms. The summed E-state index contributed by atoms with van der Waals surface area (Å²) in [7, 11) is 0. The van der Waals surface area contributed by atoms with Crippen LogP contribution in [-0.4, -0.2) is 23.8 Å². The Morgan fingerprint density at radius 3 is 2.42 bits per heavy atom. The van der Waals surface area contributed by atoms with E-state index in [1.165, 1.54) is 6.42 Å². The van der Waals surface area contributed by atoms with Crippen LogP contribution < -0.4 is 5.32 Å². The number of aliphatic hydroxyl groups is 1. The first-order chi connectivity index (χ1) is 5.52. The van der Waals surface area contributed by atoms with Crippen LogP contribution in [-0.2, 0) is 0 Å². The molecule has 74 valence electrons. The van der Waals surface area contributed by atoms with Crippen molar-refractivity contribution in [2.24, 2.45) is 5.92 Å². The lowest BCUT2D eigenvalue weighted by Gasteiger charge is -2.22. The lowest BCUT2D eigenvalue weighted by molar-refractivity contribution is 0.0551. The van der Waals surface area contributed by atoms with Gasteiger partial charge in [0.1, 0.15) is 0 Å². The molecule has 0 saturated carbocycles. The zero-order valence-electron chi connectivity index (χ0n) is 8.85. The minimum absolute atomic E-state index is 0.534. The topological polar surface area (TPSA) is 32.3 Å². The van der Waals surface area contributed by atoms with Gasteiger partial charge in [-0.25, -0.2) is 0 Å². The van der Waals surface area contributed by atoms with Gasteiger partial charge in [0.15, 0.2) is 0 Å². The van der Waals surface area contributed by atoms with Crippen molar-refractivity contribution in [1.29, 1.82) is 0 Å². The van der Waals surface area contributed by atoms with Gasteiger partial charge >= 0.3 is 0 Å². The molecular weight excluding hydrogens is 150 g/mol. The molecule has 2 nitrogen and oxygen atoms in total. The number of nitrogens with one attached hydrogen (secondary N) is 1. The summed E-state index contributed by atoms with van der Waals surface area (Å²) in [5.74, 6) is 0.706. The molecule has 2 N–H and O–H groups in total. The number of rotatable bonds is 6. The number of hydrogen-bond acceptors (Lipinski definition) is 2. The fraction of sp³-hybridized carbons (Fsp3) is 1.00. The van der Waals surface area contributed by atoms with Gasteiger partial charge in [-0.05, 0) is 25.8 Å². The summed E-state index contributed by atoms with van der Waals surface area (Å²) in [5.41, 5.74) is -0.534. The van der Waals surface area contributed by atoms with Crippen LogP contribution in [0.4, 0.5) is 0 Å². The van der Waals surface area contributed by atoms with E-state index in [1.54, 1.807) is 0 Å². The van der Waals surface area contributed by atoms with E-state index < -0.39 is 5.60 Å². The Balaban J connectivity index is 3.42. The van der Waals surface area contributed by atoms with E-state index >= 15 is 0 Å². The largest absolute Gasteiger partial charge is 0.389 e. The van der Waals surface area contributed by atoms with E-state index in [0.29, 0.717) is 12.5 Å². The SMILES string of the molecule is CCC(C)CNCC(C)(O)CC. The van der Waals surface area contributed by atoms with Crippen molar-refractivity contribution in [3.05, 3.63) is 0 Å². The Kier molecular flexibility index (Phi) is 5.51. The second-order valence-electron chi connectivity index (χ2n) is 3.99. The molecule has 0 aromatic heterocycles. The van der Waals surface area contributed by atoms with Crippen LogP contribution in [0.15, 0.2) is 0 Å². The van der Waals surface area contributed by atoms with Crippen LogP contribution in [0.1, 0.15) is 40.5 Å². The maximum absolute atomic E-state index is 9.65. The molecule has 0 spiro atoms. The third-order valence-corrected chi connectivity index (χ3v) is 2.46. The molecule has 0 saturated heterocycles. The zero-order chi connectivity index (χ0) is 9.61. The summed E-state index contributed by atoms with van der Waals surface area (Å²) >= 11 is 0. The van der Waals surface area contributed by atoms with Crippen molar-refractivity contribution in [2.75, 3.05) is 13.1 Å². The highest BCUT2D eigenvalue weighted by atomic mass is 16.3. The van der Waals surface area contributed by atoms with Crippen molar-refractivity contribution in [2.45, 2.75) is 46.1 Å². The predicted octanol–water partition coefficient (Wildman–Crippen LogP) is 1.78. The average molecular weight is 173 g/mol. The molecule has 0 rings (SSSR count). The van der Waals surface area contributed by atoms with Crippen LogP contribution in [0.2, 0.25) is 0 Å². The van der Waals surface area contributed by atoms with Gasteiger partial charge in [0.25, 0.3) is 0 Å². The Morgan fingerprint density at radius 2 is 2.00 bits per heavy atom. The molecule has 0 aromatic carbocycles. The van der Waals surface area contributed by atoms with E-state index in [1.807, 2.05) is 13.8 Å². The van der Waals surface area contributed by atoms with Gasteiger partial charge in [0, 0.05) is 6.54 Å². The molecule has 0 fully saturated rings. The summed E-state index contributed by atoms with van der Waals surface area (Å²) in [5, 5.41) is 12.9. The summed E-state index contributed by atoms with van der Waals surface area (Å²) < 4.78 is 0. The average Bonchev–Trinajstić information content (AvgIpc) is 2.04. The Hall–Kier alpha value is -0.0800. The van der Waals surface area contributed by atoms with Gasteiger partial charge in [-0.1, -0.05) is 27.2 Å². The summed E-state index contributed by atoms with van der Waals surface area (Å²) in [4.78, 5) is 0. The molecule has 0 aliphatic heterocycles. The van der Waals surface area contributed by atoms with Crippen molar-refractivity contribution >= 4 is 0 Å². The highest BCUT2D eigenvalue weighted by Gasteiger charge is 2.16. The molecule has 2 atom stereocenters. The quantitative estimate of drug-likeness (QED) is 0.642. The molecule has 0 amide bonds. The first-order valence-corrected chi connectivity index (χ1v) is 4.95. The maximum Gasteiger partial charge on any atom is 0.0740 e. The Bertz CT molecular complexity index is 112. The van der Waals surface area contributed by atoms with Gasteiger partial charge in [0.05, 0.1) is 5.60 Å². The van der Waals surface area contributed by atoms with Crippen molar-refractivity contribution in [3.8, 4) is 0 Å². The van der Waals surface area contributed by atoms with Crippen LogP contribution >= 0.6 is 0 Å². The first kappa shape index (κ1) is 11.9. The van der Waals surface area contributed by atoms with Gasteiger partial charge in [-0.2, -0.15) is 0 Å². The Morgan fingerprint density at radius 1 is 1.42 bits per heavy atom. The molecule has 0 radical (unpaired) electrons. The molecule has 2 heteroatoms. The van der Waals surface area contributed by atoms with Crippen molar-refractivity contribution in [3.63, 3.8) is 0 Å². The van der Waals surface area contributed by atoms with Crippen molar-refractivity contribution < 1.29 is 5.11 Å². The summed E-state index contributed by atoms with van der Waals surface area (Å²) in [6.07, 6.45) is 2.00. The van der Waals surface area contributed by atoms with Crippen LogP contribution in [0, 0.1) is 5.92 Å². The van der Waals surface area contributed by atoms with Gasteiger partial charge in [0.2, 0.25) is 0 Å². The lowest BCUT2D eigenvalue weighted by Crippen LogP contribution is -2.38. The maximum atomic E-state index is 9.65. The standard InChI is InChI=1S/C10H23NO/c1-5-9(3)7-11-8-10(4,12)6-2/h9,11-12H,5-8H2,1-4H3. The monoisotopic (exact) mass is 173 g/mol. The van der Waals surface area contributed by atoms with E-state index in [4.69, 9.17) is 0 Å². The molecule has 0 aliphatic carbocycles. The highest BCUT2D eigenvalue weighted by Crippen LogP contribution is 2.06. The normalized spacial score (nSPS) is 18.8. The minimum atomic E-state index is -0.534. The fourth-order valence-electron chi connectivity index (χ4n) is 0.857.